The highest BCUT2D eigenvalue weighted by Crippen LogP contribution is 2.11. The normalized spacial score (nSPS) is 9.94. The molecule has 0 saturated heterocycles. The quantitative estimate of drug-likeness (QED) is 0.764. The summed E-state index contributed by atoms with van der Waals surface area (Å²) in [5.41, 5.74) is 0.722. The molecule has 1 aromatic rings. The molecule has 1 aromatic carbocycles. The predicted octanol–water partition coefficient (Wildman–Crippen LogP) is 1.91. The van der Waals surface area contributed by atoms with Crippen molar-refractivity contribution in [2.45, 2.75) is 19.8 Å². The molecular formula is C14H20N2O2. The molecule has 0 aliphatic carbocycles. The summed E-state index contributed by atoms with van der Waals surface area (Å²) in [6, 6.07) is 9.15. The second kappa shape index (κ2) is 6.79. The van der Waals surface area contributed by atoms with E-state index in [1.165, 1.54) is 9.80 Å². The van der Waals surface area contributed by atoms with Crippen LogP contribution in [-0.2, 0) is 9.59 Å². The van der Waals surface area contributed by atoms with Gasteiger partial charge < -0.3 is 9.80 Å². The van der Waals surface area contributed by atoms with Gasteiger partial charge in [-0.1, -0.05) is 31.5 Å². The molecule has 0 aromatic heterocycles. The number of likely N-dealkylation sites (N-methyl/N-ethyl adjacent to an activating group) is 2. The maximum Gasteiger partial charge on any atom is 0.316 e. The van der Waals surface area contributed by atoms with Crippen LogP contribution >= 0.6 is 0 Å². The maximum atomic E-state index is 12.0. The average molecular weight is 248 g/mol. The van der Waals surface area contributed by atoms with Crippen molar-refractivity contribution in [1.82, 2.24) is 4.90 Å². The van der Waals surface area contributed by atoms with Gasteiger partial charge in [0.05, 0.1) is 0 Å². The van der Waals surface area contributed by atoms with Gasteiger partial charge in [0.2, 0.25) is 0 Å². The van der Waals surface area contributed by atoms with E-state index < -0.39 is 11.8 Å². The van der Waals surface area contributed by atoms with E-state index in [0.717, 1.165) is 18.5 Å². The second-order valence-corrected chi connectivity index (χ2v) is 4.28. The monoisotopic (exact) mass is 248 g/mol. The molecule has 0 saturated carbocycles. The van der Waals surface area contributed by atoms with Gasteiger partial charge >= 0.3 is 11.8 Å². The van der Waals surface area contributed by atoms with Gasteiger partial charge in [0.1, 0.15) is 0 Å². The first kappa shape index (κ1) is 14.2. The van der Waals surface area contributed by atoms with Gasteiger partial charge in [-0.2, -0.15) is 0 Å². The lowest BCUT2D eigenvalue weighted by molar-refractivity contribution is -0.143. The Labute approximate surface area is 108 Å². The Kier molecular flexibility index (Phi) is 5.36. The van der Waals surface area contributed by atoms with Gasteiger partial charge in [0.15, 0.2) is 0 Å². The van der Waals surface area contributed by atoms with Crippen molar-refractivity contribution in [3.05, 3.63) is 30.3 Å². The molecule has 2 amide bonds. The molecule has 0 bridgehead atoms. The molecule has 1 rings (SSSR count). The highest BCUT2D eigenvalue weighted by molar-refractivity contribution is 6.40. The van der Waals surface area contributed by atoms with Gasteiger partial charge in [-0.25, -0.2) is 0 Å². The highest BCUT2D eigenvalue weighted by atomic mass is 16.2. The van der Waals surface area contributed by atoms with E-state index in [1.54, 1.807) is 26.2 Å². The van der Waals surface area contributed by atoms with Crippen LogP contribution < -0.4 is 4.90 Å². The Morgan fingerprint density at radius 2 is 1.67 bits per heavy atom. The lowest BCUT2D eigenvalue weighted by Crippen LogP contribution is -2.42. The molecule has 0 atom stereocenters. The summed E-state index contributed by atoms with van der Waals surface area (Å²) in [7, 11) is 3.28. The number of hydrogen-bond donors (Lipinski definition) is 0. The third kappa shape index (κ3) is 3.58. The molecule has 0 heterocycles. The largest absolute Gasteiger partial charge is 0.337 e. The summed E-state index contributed by atoms with van der Waals surface area (Å²) < 4.78 is 0. The summed E-state index contributed by atoms with van der Waals surface area (Å²) in [6.07, 6.45) is 1.91. The van der Waals surface area contributed by atoms with Crippen molar-refractivity contribution >= 4 is 17.5 Å². The fraction of sp³-hybridized carbons (Fsp3) is 0.429. The molecule has 0 aliphatic rings. The van der Waals surface area contributed by atoms with Crippen molar-refractivity contribution in [1.29, 1.82) is 0 Å². The summed E-state index contributed by atoms with van der Waals surface area (Å²) in [6.45, 7) is 2.67. The fourth-order valence-electron chi connectivity index (χ4n) is 1.57. The molecule has 0 aliphatic heterocycles. The topological polar surface area (TPSA) is 40.6 Å². The minimum atomic E-state index is -0.500. The van der Waals surface area contributed by atoms with Crippen LogP contribution in [0.1, 0.15) is 19.8 Å². The molecule has 18 heavy (non-hydrogen) atoms. The molecule has 0 radical (unpaired) electrons. The van der Waals surface area contributed by atoms with Crippen molar-refractivity contribution < 1.29 is 9.59 Å². The second-order valence-electron chi connectivity index (χ2n) is 4.28. The van der Waals surface area contributed by atoms with E-state index in [4.69, 9.17) is 0 Å². The first-order chi connectivity index (χ1) is 8.57. The number of carbonyl (C=O) groups is 2. The average Bonchev–Trinajstić information content (AvgIpc) is 2.43. The number of rotatable bonds is 4. The number of amides is 2. The molecule has 0 N–H and O–H groups in total. The van der Waals surface area contributed by atoms with Gasteiger partial charge in [-0.3, -0.25) is 9.59 Å². The minimum absolute atomic E-state index is 0.463. The third-order valence-electron chi connectivity index (χ3n) is 2.82. The molecular weight excluding hydrogens is 228 g/mol. The van der Waals surface area contributed by atoms with E-state index in [9.17, 15) is 9.59 Å². The van der Waals surface area contributed by atoms with Gasteiger partial charge in [0.25, 0.3) is 0 Å². The van der Waals surface area contributed by atoms with Crippen LogP contribution in [0, 0.1) is 0 Å². The molecule has 0 fully saturated rings. The fourth-order valence-corrected chi connectivity index (χ4v) is 1.57. The highest BCUT2D eigenvalue weighted by Gasteiger charge is 2.22. The predicted molar refractivity (Wildman–Crippen MR) is 72.4 cm³/mol. The van der Waals surface area contributed by atoms with Crippen molar-refractivity contribution in [2.75, 3.05) is 25.5 Å². The Morgan fingerprint density at radius 3 is 2.22 bits per heavy atom. The van der Waals surface area contributed by atoms with Crippen LogP contribution in [0.5, 0.6) is 0 Å². The summed E-state index contributed by atoms with van der Waals surface area (Å²) in [5, 5.41) is 0. The maximum absolute atomic E-state index is 12.0. The molecule has 98 valence electrons. The zero-order chi connectivity index (χ0) is 13.5. The standard InChI is InChI=1S/C14H20N2O2/c1-4-5-11-15(2)13(17)14(18)16(3)12-9-7-6-8-10-12/h6-10H,4-5,11H2,1-3H3. The van der Waals surface area contributed by atoms with Crippen LogP contribution in [0.3, 0.4) is 0 Å². The number of carbonyl (C=O) groups excluding carboxylic acids is 2. The zero-order valence-corrected chi connectivity index (χ0v) is 11.2. The van der Waals surface area contributed by atoms with E-state index in [2.05, 4.69) is 6.92 Å². The Hall–Kier alpha value is -1.84. The number of hydrogen-bond acceptors (Lipinski definition) is 2. The zero-order valence-electron chi connectivity index (χ0n) is 11.2. The Balaban J connectivity index is 2.66. The first-order valence-electron chi connectivity index (χ1n) is 6.16. The van der Waals surface area contributed by atoms with Gasteiger partial charge in [-0.15, -0.1) is 0 Å². The molecule has 0 unspecified atom stereocenters. The summed E-state index contributed by atoms with van der Waals surface area (Å²) in [4.78, 5) is 26.7. The van der Waals surface area contributed by atoms with Crippen LogP contribution in [0.25, 0.3) is 0 Å². The van der Waals surface area contributed by atoms with Crippen LogP contribution in [0.15, 0.2) is 30.3 Å². The van der Waals surface area contributed by atoms with E-state index >= 15 is 0 Å². The number of benzene rings is 1. The summed E-state index contributed by atoms with van der Waals surface area (Å²) >= 11 is 0. The van der Waals surface area contributed by atoms with E-state index in [0.29, 0.717) is 6.54 Å². The lowest BCUT2D eigenvalue weighted by atomic mass is 10.3. The molecule has 4 nitrogen and oxygen atoms in total. The van der Waals surface area contributed by atoms with E-state index in [1.807, 2.05) is 18.2 Å². The van der Waals surface area contributed by atoms with E-state index in [-0.39, 0.29) is 0 Å². The van der Waals surface area contributed by atoms with Crippen molar-refractivity contribution in [3.63, 3.8) is 0 Å². The smallest absolute Gasteiger partial charge is 0.316 e. The SMILES string of the molecule is CCCCN(C)C(=O)C(=O)N(C)c1ccccc1. The number of unbranched alkanes of at least 4 members (excludes halogenated alkanes) is 1. The lowest BCUT2D eigenvalue weighted by Gasteiger charge is -2.21. The van der Waals surface area contributed by atoms with Gasteiger partial charge in [0, 0.05) is 26.3 Å². The van der Waals surface area contributed by atoms with Crippen LogP contribution in [-0.4, -0.2) is 37.4 Å². The Bertz CT molecular complexity index is 404. The van der Waals surface area contributed by atoms with Crippen molar-refractivity contribution in [3.8, 4) is 0 Å². The number of anilines is 1. The van der Waals surface area contributed by atoms with Crippen LogP contribution in [0.2, 0.25) is 0 Å². The Morgan fingerprint density at radius 1 is 1.06 bits per heavy atom. The first-order valence-corrected chi connectivity index (χ1v) is 6.16. The minimum Gasteiger partial charge on any atom is -0.337 e. The van der Waals surface area contributed by atoms with Crippen LogP contribution in [0.4, 0.5) is 5.69 Å². The summed E-state index contributed by atoms with van der Waals surface area (Å²) in [5.74, 6) is -0.963. The molecule has 4 heteroatoms. The number of para-hydroxylation sites is 1. The van der Waals surface area contributed by atoms with Gasteiger partial charge in [-0.05, 0) is 18.6 Å². The number of nitrogens with zero attached hydrogens (tertiary/aromatic N) is 2. The third-order valence-corrected chi connectivity index (χ3v) is 2.82. The molecule has 0 spiro atoms. The van der Waals surface area contributed by atoms with Crippen molar-refractivity contribution in [2.24, 2.45) is 0 Å².